The van der Waals surface area contributed by atoms with Crippen LogP contribution in [-0.2, 0) is 4.79 Å². The Balaban J connectivity index is 0.00000400. The maximum absolute atomic E-state index is 11.7. The summed E-state index contributed by atoms with van der Waals surface area (Å²) in [5, 5.41) is 22.6. The van der Waals surface area contributed by atoms with E-state index >= 15 is 0 Å². The molecule has 0 aliphatic carbocycles. The average Bonchev–Trinajstić information content (AvgIpc) is 2.89. The van der Waals surface area contributed by atoms with Crippen molar-refractivity contribution >= 4 is 34.8 Å². The minimum atomic E-state index is -0.874. The zero-order valence-electron chi connectivity index (χ0n) is 11.0. The monoisotopic (exact) mass is 337 g/mol. The van der Waals surface area contributed by atoms with Crippen molar-refractivity contribution in [3.8, 4) is 0 Å². The fraction of sp³-hybridized carbons (Fsp3) is 0.556. The van der Waals surface area contributed by atoms with Gasteiger partial charge in [-0.05, 0) is 19.4 Å². The maximum atomic E-state index is 11.7. The summed E-state index contributed by atoms with van der Waals surface area (Å²) in [4.78, 5) is 25.4. The summed E-state index contributed by atoms with van der Waals surface area (Å²) in [5.41, 5.74) is 5.72. The van der Waals surface area contributed by atoms with Crippen LogP contribution in [0.1, 0.15) is 12.8 Å². The number of rotatable bonds is 9. The van der Waals surface area contributed by atoms with Crippen molar-refractivity contribution in [1.82, 2.24) is 10.3 Å². The van der Waals surface area contributed by atoms with Gasteiger partial charge in [0.1, 0.15) is 0 Å². The summed E-state index contributed by atoms with van der Waals surface area (Å²) in [6.45, 7) is 0.594. The number of nitrogens with zero attached hydrogens (tertiary/aromatic N) is 4. The van der Waals surface area contributed by atoms with Gasteiger partial charge in [-0.1, -0.05) is 0 Å². The number of halogens is 1. The number of nitrogens with two attached hydrogens (primary N) is 1. The fourth-order valence-corrected chi connectivity index (χ4v) is 1.81. The molecule has 1 aromatic heterocycles. The number of thiazole rings is 1. The molecule has 21 heavy (non-hydrogen) atoms. The first-order valence-corrected chi connectivity index (χ1v) is 6.66. The zero-order chi connectivity index (χ0) is 14.8. The third-order valence-electron chi connectivity index (χ3n) is 2.19. The van der Waals surface area contributed by atoms with E-state index in [2.05, 4.69) is 26.0 Å². The minimum absolute atomic E-state index is 0. The van der Waals surface area contributed by atoms with Gasteiger partial charge in [0.05, 0.1) is 16.2 Å². The second-order valence-corrected chi connectivity index (χ2v) is 4.60. The molecule has 0 radical (unpaired) electrons. The number of carbonyl (C=O) groups is 1. The minimum Gasteiger partial charge on any atom is -0.337 e. The Bertz CT molecular complexity index is 456. The lowest BCUT2D eigenvalue weighted by Crippen LogP contribution is -2.36. The van der Waals surface area contributed by atoms with Crippen LogP contribution in [0.3, 0.4) is 0 Å². The second kappa shape index (κ2) is 11.0. The molecule has 1 atom stereocenters. The van der Waals surface area contributed by atoms with Crippen LogP contribution in [0.4, 0.5) is 5.13 Å². The fourth-order valence-electron chi connectivity index (χ4n) is 1.27. The summed E-state index contributed by atoms with van der Waals surface area (Å²) in [5.74, 6) is -0.284. The number of aromatic nitrogens is 1. The van der Waals surface area contributed by atoms with Gasteiger partial charge < -0.3 is 21.2 Å². The molecule has 0 aliphatic rings. The first-order chi connectivity index (χ1) is 9.59. The second-order valence-electron chi connectivity index (χ2n) is 3.70. The van der Waals surface area contributed by atoms with E-state index in [4.69, 9.17) is 5.73 Å². The Morgan fingerprint density at radius 1 is 1.62 bits per heavy atom. The van der Waals surface area contributed by atoms with Crippen LogP contribution in [0.5, 0.6) is 0 Å². The third kappa shape index (κ3) is 8.96. The lowest BCUT2D eigenvalue weighted by Gasteiger charge is -2.10. The first-order valence-electron chi connectivity index (χ1n) is 5.78. The van der Waals surface area contributed by atoms with Gasteiger partial charge in [0.15, 0.2) is 10.4 Å². The predicted octanol–water partition coefficient (Wildman–Crippen LogP) is 0.802. The van der Waals surface area contributed by atoms with Gasteiger partial charge in [-0.2, -0.15) is 0 Å². The number of nitro groups is 1. The lowest BCUT2D eigenvalue weighted by molar-refractivity contribution is -0.494. The number of nitrogens with one attached hydrogen (secondary N) is 2. The van der Waals surface area contributed by atoms with Crippen LogP contribution in [0.25, 0.3) is 0 Å². The van der Waals surface area contributed by atoms with Crippen molar-refractivity contribution in [2.45, 2.75) is 18.9 Å². The molecule has 4 N–H and O–H groups in total. The number of amides is 1. The normalized spacial score (nSPS) is 11.9. The van der Waals surface area contributed by atoms with Gasteiger partial charge in [-0.15, -0.1) is 23.7 Å². The van der Waals surface area contributed by atoms with Crippen LogP contribution in [0.15, 0.2) is 21.9 Å². The number of hydrogen-bond donors (Lipinski definition) is 3. The van der Waals surface area contributed by atoms with Crippen LogP contribution in [0, 0.1) is 10.1 Å². The highest BCUT2D eigenvalue weighted by atomic mass is 35.5. The Kier molecular flexibility index (Phi) is 10.1. The molecule has 1 rings (SSSR count). The number of hydrogen-bond acceptors (Lipinski definition) is 8. The molecular weight excluding hydrogens is 322 g/mol. The largest absolute Gasteiger partial charge is 0.337 e. The molecular formula is C9H16ClN7O3S. The highest BCUT2D eigenvalue weighted by Crippen LogP contribution is 2.10. The lowest BCUT2D eigenvalue weighted by atomic mass is 10.1. The van der Waals surface area contributed by atoms with Gasteiger partial charge in [0, 0.05) is 11.6 Å². The van der Waals surface area contributed by atoms with E-state index < -0.39 is 11.1 Å². The molecule has 1 aromatic rings. The molecule has 0 bridgehead atoms. The Morgan fingerprint density at radius 2 is 2.38 bits per heavy atom. The molecule has 0 saturated carbocycles. The van der Waals surface area contributed by atoms with E-state index in [1.807, 2.05) is 0 Å². The number of carbonyl (C=O) groups excluding carboxylic acids is 1. The molecule has 10 nitrogen and oxygen atoms in total. The van der Waals surface area contributed by atoms with E-state index in [-0.39, 0.29) is 25.0 Å². The van der Waals surface area contributed by atoms with Crippen molar-refractivity contribution < 1.29 is 9.83 Å². The number of anilines is 1. The molecule has 1 amide bonds. The molecule has 118 valence electrons. The molecule has 0 aliphatic heterocycles. The summed E-state index contributed by atoms with van der Waals surface area (Å²) in [7, 11) is 0. The van der Waals surface area contributed by atoms with Crippen molar-refractivity contribution in [2.24, 2.45) is 16.1 Å². The predicted molar refractivity (Wildman–Crippen MR) is 79.9 cm³/mol. The van der Waals surface area contributed by atoms with Gasteiger partial charge in [-0.25, -0.2) is 4.98 Å². The van der Waals surface area contributed by atoms with Gasteiger partial charge in [0.25, 0.3) is 0 Å². The maximum Gasteiger partial charge on any atom is 0.243 e. The van der Waals surface area contributed by atoms with E-state index in [0.29, 0.717) is 24.5 Å². The molecule has 0 spiro atoms. The highest BCUT2D eigenvalue weighted by molar-refractivity contribution is 7.13. The average molecular weight is 338 g/mol. The van der Waals surface area contributed by atoms with E-state index in [9.17, 15) is 14.9 Å². The van der Waals surface area contributed by atoms with Crippen LogP contribution in [-0.4, -0.2) is 35.2 Å². The van der Waals surface area contributed by atoms with Gasteiger partial charge in [0.2, 0.25) is 12.6 Å². The summed E-state index contributed by atoms with van der Waals surface area (Å²) in [6.07, 6.45) is 2.71. The summed E-state index contributed by atoms with van der Waals surface area (Å²) in [6, 6.07) is -0.624. The quantitative estimate of drug-likeness (QED) is 0.263. The SMILES string of the molecule is Cl.N[C@@H](CCCNCN=N[N+](=O)[O-])C(=O)Nc1nccs1. The van der Waals surface area contributed by atoms with Crippen LogP contribution in [0.2, 0.25) is 0 Å². The Morgan fingerprint density at radius 3 is 3.00 bits per heavy atom. The zero-order valence-corrected chi connectivity index (χ0v) is 12.6. The van der Waals surface area contributed by atoms with Crippen molar-refractivity contribution in [2.75, 3.05) is 18.5 Å². The van der Waals surface area contributed by atoms with Crippen molar-refractivity contribution in [3.63, 3.8) is 0 Å². The Labute approximate surface area is 130 Å². The van der Waals surface area contributed by atoms with Gasteiger partial charge >= 0.3 is 0 Å². The Hall–Kier alpha value is -1.69. The molecule has 0 fully saturated rings. The van der Waals surface area contributed by atoms with Crippen molar-refractivity contribution in [1.29, 1.82) is 0 Å². The van der Waals surface area contributed by atoms with Gasteiger partial charge in [-0.3, -0.25) is 10.1 Å². The molecule has 0 saturated heterocycles. The standard InChI is InChI=1S/C9H15N7O3S.ClH/c10-7(8(17)14-9-12-4-5-20-9)2-1-3-11-6-13-15-16(18)19;/h4-5,7,11H,1-3,6,10H2,(H,12,14,17);1H/t7-;/m0./s1. The van der Waals surface area contributed by atoms with Crippen LogP contribution >= 0.6 is 23.7 Å². The van der Waals surface area contributed by atoms with E-state index in [1.54, 1.807) is 11.6 Å². The van der Waals surface area contributed by atoms with Crippen LogP contribution < -0.4 is 16.4 Å². The third-order valence-corrected chi connectivity index (χ3v) is 2.88. The smallest absolute Gasteiger partial charge is 0.243 e. The van der Waals surface area contributed by atoms with E-state index in [1.165, 1.54) is 11.3 Å². The van der Waals surface area contributed by atoms with Crippen molar-refractivity contribution in [3.05, 3.63) is 21.7 Å². The van der Waals surface area contributed by atoms with E-state index in [0.717, 1.165) is 0 Å². The summed E-state index contributed by atoms with van der Waals surface area (Å²) >= 11 is 1.32. The molecule has 0 aromatic carbocycles. The first kappa shape index (κ1) is 19.3. The topological polar surface area (TPSA) is 148 Å². The highest BCUT2D eigenvalue weighted by Gasteiger charge is 2.13. The summed E-state index contributed by atoms with van der Waals surface area (Å²) < 4.78 is 0. The molecule has 1 heterocycles. The molecule has 0 unspecified atom stereocenters. The molecule has 12 heteroatoms.